The maximum atomic E-state index is 12.1. The number of rotatable bonds is 4. The van der Waals surface area contributed by atoms with Crippen molar-refractivity contribution in [2.24, 2.45) is 11.7 Å². The average Bonchev–Trinajstić information content (AvgIpc) is 2.86. The average molecular weight is 326 g/mol. The van der Waals surface area contributed by atoms with Gasteiger partial charge in [0.2, 0.25) is 5.91 Å². The van der Waals surface area contributed by atoms with Crippen LogP contribution in [0.3, 0.4) is 0 Å². The van der Waals surface area contributed by atoms with Crippen LogP contribution in [0, 0.1) is 12.8 Å². The molecule has 2 heterocycles. The Morgan fingerprint density at radius 1 is 1.50 bits per heavy atom. The van der Waals surface area contributed by atoms with Crippen molar-refractivity contribution in [3.63, 3.8) is 0 Å². The molecule has 4 N–H and O–H groups in total. The lowest BCUT2D eigenvalue weighted by molar-refractivity contribution is -0.123. The summed E-state index contributed by atoms with van der Waals surface area (Å²) >= 11 is 1.04. The highest BCUT2D eigenvalue weighted by molar-refractivity contribution is 7.13. The third kappa shape index (κ3) is 3.73. The fourth-order valence-corrected chi connectivity index (χ4v) is 3.23. The summed E-state index contributed by atoms with van der Waals surface area (Å²) in [6.45, 7) is 2.67. The number of carbonyl (C=O) groups excluding carboxylic acids is 2. The van der Waals surface area contributed by atoms with Gasteiger partial charge < -0.3 is 21.1 Å². The summed E-state index contributed by atoms with van der Waals surface area (Å²) in [5.41, 5.74) is 5.72. The molecule has 0 radical (unpaired) electrons. The van der Waals surface area contributed by atoms with Crippen LogP contribution in [0.15, 0.2) is 0 Å². The van der Waals surface area contributed by atoms with Crippen LogP contribution >= 0.6 is 11.3 Å². The Balaban J connectivity index is 1.91. The number of aromatic carboxylic acids is 1. The molecule has 3 amide bonds. The molecule has 1 aromatic heterocycles. The van der Waals surface area contributed by atoms with E-state index in [0.29, 0.717) is 30.2 Å². The number of carbonyl (C=O) groups is 3. The van der Waals surface area contributed by atoms with Gasteiger partial charge >= 0.3 is 12.0 Å². The number of aromatic nitrogens is 1. The highest BCUT2D eigenvalue weighted by Crippen LogP contribution is 2.19. The van der Waals surface area contributed by atoms with Crippen molar-refractivity contribution >= 4 is 29.2 Å². The van der Waals surface area contributed by atoms with Gasteiger partial charge in [-0.25, -0.2) is 14.6 Å². The number of amides is 3. The molecule has 1 aromatic rings. The van der Waals surface area contributed by atoms with Crippen molar-refractivity contribution in [3.8, 4) is 0 Å². The number of nitrogens with two attached hydrogens (primary N) is 1. The number of hydrogen-bond acceptors (Lipinski definition) is 5. The first-order valence-electron chi connectivity index (χ1n) is 6.90. The van der Waals surface area contributed by atoms with Crippen molar-refractivity contribution in [1.82, 2.24) is 15.2 Å². The Labute approximate surface area is 131 Å². The van der Waals surface area contributed by atoms with E-state index >= 15 is 0 Å². The number of thiazole rings is 1. The van der Waals surface area contributed by atoms with E-state index in [0.717, 1.165) is 17.8 Å². The molecule has 1 fully saturated rings. The number of nitrogens with one attached hydrogen (secondary N) is 1. The number of urea groups is 1. The van der Waals surface area contributed by atoms with Gasteiger partial charge in [0.05, 0.1) is 18.2 Å². The third-order valence-corrected chi connectivity index (χ3v) is 4.68. The summed E-state index contributed by atoms with van der Waals surface area (Å²) in [5.74, 6) is -1.72. The molecule has 1 unspecified atom stereocenters. The van der Waals surface area contributed by atoms with Crippen LogP contribution in [0.1, 0.15) is 33.2 Å². The first-order valence-corrected chi connectivity index (χ1v) is 7.71. The predicted molar refractivity (Wildman–Crippen MR) is 79.5 cm³/mol. The van der Waals surface area contributed by atoms with Crippen LogP contribution in [0.2, 0.25) is 0 Å². The molecule has 1 atom stereocenters. The molecule has 0 aromatic carbocycles. The molecule has 9 heteroatoms. The smallest absolute Gasteiger partial charge is 0.347 e. The first kappa shape index (κ1) is 16.2. The summed E-state index contributed by atoms with van der Waals surface area (Å²) in [6, 6.07) is -0.296. The van der Waals surface area contributed by atoms with E-state index in [4.69, 9.17) is 10.8 Å². The maximum Gasteiger partial charge on any atom is 0.347 e. The zero-order chi connectivity index (χ0) is 16.3. The van der Waals surface area contributed by atoms with Gasteiger partial charge in [-0.05, 0) is 19.8 Å². The molecule has 0 aliphatic carbocycles. The van der Waals surface area contributed by atoms with E-state index in [1.807, 2.05) is 0 Å². The topological polar surface area (TPSA) is 126 Å². The fraction of sp³-hybridized carbons (Fsp3) is 0.538. The standard InChI is InChI=1S/C13H18N4O4S/c1-7-10(12(19)20)22-9(16-7)5-15-13(21)17-4-2-3-8(6-17)11(14)18/h8H,2-6H2,1H3,(H2,14,18)(H,15,21)(H,19,20). The number of piperidine rings is 1. The number of primary amides is 1. The van der Waals surface area contributed by atoms with Gasteiger partial charge in [-0.3, -0.25) is 4.79 Å². The van der Waals surface area contributed by atoms with Crippen LogP contribution in [-0.4, -0.2) is 46.0 Å². The number of likely N-dealkylation sites (tertiary alicyclic amines) is 1. The number of nitrogens with zero attached hydrogens (tertiary/aromatic N) is 2. The first-order chi connectivity index (χ1) is 10.4. The molecule has 0 bridgehead atoms. The van der Waals surface area contributed by atoms with Crippen LogP contribution < -0.4 is 11.1 Å². The fourth-order valence-electron chi connectivity index (χ4n) is 2.38. The van der Waals surface area contributed by atoms with Gasteiger partial charge in [-0.2, -0.15) is 0 Å². The summed E-state index contributed by atoms with van der Waals surface area (Å²) in [7, 11) is 0. The number of aryl methyl sites for hydroxylation is 1. The van der Waals surface area contributed by atoms with Crippen LogP contribution in [0.5, 0.6) is 0 Å². The Hall–Kier alpha value is -2.16. The molecular weight excluding hydrogens is 308 g/mol. The Morgan fingerprint density at radius 2 is 2.23 bits per heavy atom. The number of hydrogen-bond donors (Lipinski definition) is 3. The number of carboxylic acid groups (broad SMARTS) is 1. The van der Waals surface area contributed by atoms with Gasteiger partial charge in [-0.1, -0.05) is 0 Å². The van der Waals surface area contributed by atoms with E-state index in [1.165, 1.54) is 0 Å². The highest BCUT2D eigenvalue weighted by Gasteiger charge is 2.27. The summed E-state index contributed by atoms with van der Waals surface area (Å²) in [6.07, 6.45) is 1.44. The summed E-state index contributed by atoms with van der Waals surface area (Å²) < 4.78 is 0. The Bertz CT molecular complexity index is 601. The minimum absolute atomic E-state index is 0.162. The molecule has 0 spiro atoms. The lowest BCUT2D eigenvalue weighted by Gasteiger charge is -2.31. The van der Waals surface area contributed by atoms with Crippen LogP contribution in [-0.2, 0) is 11.3 Å². The van der Waals surface area contributed by atoms with Crippen molar-refractivity contribution in [2.75, 3.05) is 13.1 Å². The minimum atomic E-state index is -1.02. The Morgan fingerprint density at radius 3 is 2.82 bits per heavy atom. The second kappa shape index (κ2) is 6.73. The van der Waals surface area contributed by atoms with Crippen LogP contribution in [0.4, 0.5) is 4.79 Å². The van der Waals surface area contributed by atoms with Gasteiger partial charge in [0.25, 0.3) is 0 Å². The van der Waals surface area contributed by atoms with Crippen molar-refractivity contribution < 1.29 is 19.5 Å². The second-order valence-electron chi connectivity index (χ2n) is 5.17. The van der Waals surface area contributed by atoms with E-state index in [2.05, 4.69) is 10.3 Å². The third-order valence-electron chi connectivity index (χ3n) is 3.54. The van der Waals surface area contributed by atoms with Crippen molar-refractivity contribution in [1.29, 1.82) is 0 Å². The monoisotopic (exact) mass is 326 g/mol. The minimum Gasteiger partial charge on any atom is -0.477 e. The van der Waals surface area contributed by atoms with E-state index in [9.17, 15) is 14.4 Å². The van der Waals surface area contributed by atoms with E-state index < -0.39 is 5.97 Å². The van der Waals surface area contributed by atoms with Crippen molar-refractivity contribution in [3.05, 3.63) is 15.6 Å². The normalized spacial score (nSPS) is 18.0. The largest absolute Gasteiger partial charge is 0.477 e. The Kier molecular flexibility index (Phi) is 4.96. The zero-order valence-electron chi connectivity index (χ0n) is 12.2. The van der Waals surface area contributed by atoms with Gasteiger partial charge in [0, 0.05) is 13.1 Å². The molecule has 1 saturated heterocycles. The number of carboxylic acids is 1. The summed E-state index contributed by atoms with van der Waals surface area (Å²) in [4.78, 5) is 40.1. The molecule has 1 aliphatic heterocycles. The van der Waals surface area contributed by atoms with Crippen molar-refractivity contribution in [2.45, 2.75) is 26.3 Å². The van der Waals surface area contributed by atoms with Gasteiger partial charge in [0.15, 0.2) is 0 Å². The zero-order valence-corrected chi connectivity index (χ0v) is 13.0. The highest BCUT2D eigenvalue weighted by atomic mass is 32.1. The van der Waals surface area contributed by atoms with Gasteiger partial charge in [-0.15, -0.1) is 11.3 Å². The predicted octanol–water partition coefficient (Wildman–Crippen LogP) is 0.557. The lowest BCUT2D eigenvalue weighted by atomic mass is 9.98. The SMILES string of the molecule is Cc1nc(CNC(=O)N2CCCC(C(N)=O)C2)sc1C(=O)O. The second-order valence-corrected chi connectivity index (χ2v) is 6.26. The molecule has 0 saturated carbocycles. The lowest BCUT2D eigenvalue weighted by Crippen LogP contribution is -2.47. The molecule has 120 valence electrons. The molecule has 2 rings (SSSR count). The molecule has 22 heavy (non-hydrogen) atoms. The molecule has 1 aliphatic rings. The molecule has 8 nitrogen and oxygen atoms in total. The van der Waals surface area contributed by atoms with E-state index in [-0.39, 0.29) is 29.3 Å². The quantitative estimate of drug-likeness (QED) is 0.745. The summed E-state index contributed by atoms with van der Waals surface area (Å²) in [5, 5.41) is 12.2. The van der Waals surface area contributed by atoms with Crippen LogP contribution in [0.25, 0.3) is 0 Å². The van der Waals surface area contributed by atoms with E-state index in [1.54, 1.807) is 11.8 Å². The maximum absolute atomic E-state index is 12.1. The molecular formula is C13H18N4O4S. The van der Waals surface area contributed by atoms with Gasteiger partial charge in [0.1, 0.15) is 9.88 Å².